The Hall–Kier alpha value is -2.64. The molecule has 7 heteroatoms. The van der Waals surface area contributed by atoms with E-state index in [1.54, 1.807) is 44.2 Å². The predicted molar refractivity (Wildman–Crippen MR) is 119 cm³/mol. The zero-order chi connectivity index (χ0) is 23.2. The fourth-order valence-corrected chi connectivity index (χ4v) is 4.64. The predicted octanol–water partition coefficient (Wildman–Crippen LogP) is 3.70. The highest BCUT2D eigenvalue weighted by atomic mass is 32.2. The lowest BCUT2D eigenvalue weighted by Gasteiger charge is -2.26. The number of esters is 1. The van der Waals surface area contributed by atoms with E-state index in [2.05, 4.69) is 0 Å². The molecule has 1 heterocycles. The number of phenols is 1. The molecule has 0 saturated heterocycles. The summed E-state index contributed by atoms with van der Waals surface area (Å²) in [5.41, 5.74) is 1.49. The summed E-state index contributed by atoms with van der Waals surface area (Å²) in [6.07, 6.45) is 1.59. The Kier molecular flexibility index (Phi) is 5.80. The van der Waals surface area contributed by atoms with Gasteiger partial charge in [-0.05, 0) is 61.1 Å². The van der Waals surface area contributed by atoms with E-state index in [-0.39, 0.29) is 17.3 Å². The number of phenolic OH excluding ortho intramolecular Hbond substituents is 1. The Morgan fingerprint density at radius 2 is 1.61 bits per heavy atom. The summed E-state index contributed by atoms with van der Waals surface area (Å²) in [5, 5.41) is 19.8. The van der Waals surface area contributed by atoms with Gasteiger partial charge >= 0.3 is 5.97 Å². The van der Waals surface area contributed by atoms with E-state index in [0.717, 1.165) is 6.26 Å². The number of sulfone groups is 1. The summed E-state index contributed by atoms with van der Waals surface area (Å²) in [7, 11) is -3.34. The minimum atomic E-state index is -3.34. The van der Waals surface area contributed by atoms with Crippen LogP contribution < -0.4 is 0 Å². The molecule has 2 N–H and O–H groups in total. The zero-order valence-corrected chi connectivity index (χ0v) is 19.2. The third-order valence-electron chi connectivity index (χ3n) is 5.73. The molecular formula is C24H28O6S. The van der Waals surface area contributed by atoms with Crippen molar-refractivity contribution in [1.82, 2.24) is 0 Å². The molecule has 0 aromatic heterocycles. The van der Waals surface area contributed by atoms with Crippen molar-refractivity contribution >= 4 is 27.0 Å². The highest BCUT2D eigenvalue weighted by Crippen LogP contribution is 2.45. The van der Waals surface area contributed by atoms with Gasteiger partial charge in [-0.2, -0.15) is 0 Å². The van der Waals surface area contributed by atoms with E-state index >= 15 is 0 Å². The molecule has 0 atom stereocenters. The lowest BCUT2D eigenvalue weighted by atomic mass is 9.79. The van der Waals surface area contributed by atoms with Gasteiger partial charge in [0.25, 0.3) is 0 Å². The van der Waals surface area contributed by atoms with Crippen molar-refractivity contribution in [3.8, 4) is 5.75 Å². The quantitative estimate of drug-likeness (QED) is 0.659. The Balaban J connectivity index is 2.22. The SMILES string of the molecule is CC1(C)OC(=O)C(c2ccc(O)c(C(C)(C)CCO)c2)=C1c1ccc(S(C)(=O)=O)cc1. The number of carbonyl (C=O) groups is 1. The van der Waals surface area contributed by atoms with Gasteiger partial charge in [-0.25, -0.2) is 13.2 Å². The zero-order valence-electron chi connectivity index (χ0n) is 18.4. The van der Waals surface area contributed by atoms with Crippen molar-refractivity contribution < 1.29 is 28.2 Å². The van der Waals surface area contributed by atoms with Gasteiger partial charge in [0.2, 0.25) is 0 Å². The molecule has 1 aliphatic rings. The van der Waals surface area contributed by atoms with Crippen molar-refractivity contribution in [2.24, 2.45) is 0 Å². The van der Waals surface area contributed by atoms with E-state index < -0.39 is 26.8 Å². The maximum Gasteiger partial charge on any atom is 0.340 e. The van der Waals surface area contributed by atoms with Crippen molar-refractivity contribution in [3.05, 3.63) is 59.2 Å². The Morgan fingerprint density at radius 1 is 1.03 bits per heavy atom. The molecule has 1 aliphatic heterocycles. The molecule has 3 rings (SSSR count). The van der Waals surface area contributed by atoms with Crippen LogP contribution in [-0.2, 0) is 24.8 Å². The second-order valence-corrected chi connectivity index (χ2v) is 11.1. The van der Waals surface area contributed by atoms with Crippen LogP contribution in [-0.4, -0.2) is 43.1 Å². The molecule has 0 aliphatic carbocycles. The van der Waals surface area contributed by atoms with Crippen LogP contribution in [0, 0.1) is 0 Å². The Bertz CT molecular complexity index is 1160. The number of aliphatic hydroxyl groups is 1. The number of carbonyl (C=O) groups excluding carboxylic acids is 1. The molecule has 0 bridgehead atoms. The topological polar surface area (TPSA) is 101 Å². The van der Waals surface area contributed by atoms with Crippen molar-refractivity contribution in [2.45, 2.75) is 50.0 Å². The first-order chi connectivity index (χ1) is 14.3. The van der Waals surface area contributed by atoms with Crippen LogP contribution in [0.2, 0.25) is 0 Å². The fraction of sp³-hybridized carbons (Fsp3) is 0.375. The van der Waals surface area contributed by atoms with Crippen LogP contribution in [0.3, 0.4) is 0 Å². The molecule has 0 unspecified atom stereocenters. The van der Waals surface area contributed by atoms with E-state index in [1.807, 2.05) is 13.8 Å². The van der Waals surface area contributed by atoms with Gasteiger partial charge in [-0.15, -0.1) is 0 Å². The van der Waals surface area contributed by atoms with E-state index in [0.29, 0.717) is 34.3 Å². The Morgan fingerprint density at radius 3 is 2.16 bits per heavy atom. The minimum absolute atomic E-state index is 0.0353. The van der Waals surface area contributed by atoms with E-state index in [4.69, 9.17) is 4.74 Å². The maximum atomic E-state index is 12.9. The normalized spacial score (nSPS) is 16.5. The number of hydrogen-bond donors (Lipinski definition) is 2. The van der Waals surface area contributed by atoms with Gasteiger partial charge < -0.3 is 14.9 Å². The molecule has 0 fully saturated rings. The summed E-state index contributed by atoms with van der Waals surface area (Å²) >= 11 is 0. The minimum Gasteiger partial charge on any atom is -0.508 e. The van der Waals surface area contributed by atoms with Gasteiger partial charge in [0.1, 0.15) is 11.4 Å². The monoisotopic (exact) mass is 444 g/mol. The summed E-state index contributed by atoms with van der Waals surface area (Å²) < 4.78 is 29.3. The molecule has 2 aromatic carbocycles. The largest absolute Gasteiger partial charge is 0.508 e. The van der Waals surface area contributed by atoms with Crippen molar-refractivity contribution in [2.75, 3.05) is 12.9 Å². The smallest absolute Gasteiger partial charge is 0.340 e. The van der Waals surface area contributed by atoms with Crippen molar-refractivity contribution in [1.29, 1.82) is 0 Å². The van der Waals surface area contributed by atoms with Crippen LogP contribution in [0.15, 0.2) is 47.4 Å². The highest BCUT2D eigenvalue weighted by Gasteiger charge is 2.42. The Labute approximate surface area is 183 Å². The highest BCUT2D eigenvalue weighted by molar-refractivity contribution is 7.90. The second-order valence-electron chi connectivity index (χ2n) is 9.04. The summed E-state index contributed by atoms with van der Waals surface area (Å²) in [6.45, 7) is 7.37. The summed E-state index contributed by atoms with van der Waals surface area (Å²) in [5.74, 6) is -0.392. The van der Waals surface area contributed by atoms with Crippen LogP contribution >= 0.6 is 0 Å². The lowest BCUT2D eigenvalue weighted by Crippen LogP contribution is -2.22. The van der Waals surface area contributed by atoms with E-state index in [9.17, 15) is 23.4 Å². The lowest BCUT2D eigenvalue weighted by molar-refractivity contribution is -0.141. The first-order valence-electron chi connectivity index (χ1n) is 10.0. The average Bonchev–Trinajstić information content (AvgIpc) is 2.89. The number of aromatic hydroxyl groups is 1. The summed E-state index contributed by atoms with van der Waals surface area (Å²) in [4.78, 5) is 13.1. The van der Waals surface area contributed by atoms with Crippen LogP contribution in [0.5, 0.6) is 5.75 Å². The third kappa shape index (κ3) is 4.38. The van der Waals surface area contributed by atoms with Crippen LogP contribution in [0.25, 0.3) is 11.1 Å². The van der Waals surface area contributed by atoms with Gasteiger partial charge in [0.15, 0.2) is 9.84 Å². The molecule has 166 valence electrons. The average molecular weight is 445 g/mol. The molecule has 6 nitrogen and oxygen atoms in total. The number of hydrogen-bond acceptors (Lipinski definition) is 6. The van der Waals surface area contributed by atoms with Crippen molar-refractivity contribution in [3.63, 3.8) is 0 Å². The number of rotatable bonds is 6. The molecule has 0 amide bonds. The van der Waals surface area contributed by atoms with Gasteiger partial charge in [0.05, 0.1) is 10.5 Å². The van der Waals surface area contributed by atoms with Crippen LogP contribution in [0.1, 0.15) is 50.8 Å². The number of cyclic esters (lactones) is 1. The molecular weight excluding hydrogens is 416 g/mol. The molecule has 31 heavy (non-hydrogen) atoms. The van der Waals surface area contributed by atoms with Gasteiger partial charge in [0, 0.05) is 24.0 Å². The molecule has 0 radical (unpaired) electrons. The second kappa shape index (κ2) is 7.80. The third-order valence-corrected chi connectivity index (χ3v) is 6.85. The number of aliphatic hydroxyl groups excluding tert-OH is 1. The van der Waals surface area contributed by atoms with Gasteiger partial charge in [-0.3, -0.25) is 0 Å². The first kappa shape index (κ1) is 23.0. The standard InChI is InChI=1S/C24H28O6S/c1-23(2,12-13-25)18-14-16(8-11-19(18)26)20-21(24(3,4)30-22(20)27)15-6-9-17(10-7-15)31(5,28)29/h6-11,14,25-26H,12-13H2,1-5H3. The maximum absolute atomic E-state index is 12.9. The van der Waals surface area contributed by atoms with Crippen LogP contribution in [0.4, 0.5) is 0 Å². The number of benzene rings is 2. The molecule has 2 aromatic rings. The molecule has 0 spiro atoms. The number of ether oxygens (including phenoxy) is 1. The van der Waals surface area contributed by atoms with E-state index in [1.165, 1.54) is 12.1 Å². The fourth-order valence-electron chi connectivity index (χ4n) is 4.01. The first-order valence-corrected chi connectivity index (χ1v) is 11.9. The molecule has 0 saturated carbocycles. The summed E-state index contributed by atoms with van der Waals surface area (Å²) in [6, 6.07) is 11.3. The van der Waals surface area contributed by atoms with Gasteiger partial charge in [-0.1, -0.05) is 32.0 Å².